The number of ether oxygens (including phenoxy) is 2. The summed E-state index contributed by atoms with van der Waals surface area (Å²) in [4.78, 5) is 45.3. The van der Waals surface area contributed by atoms with Gasteiger partial charge < -0.3 is 19.7 Å². The number of hydrogen-bond acceptors (Lipinski definition) is 8. The number of nitrogens with one attached hydrogen (secondary N) is 1. The molecule has 0 saturated heterocycles. The Morgan fingerprint density at radius 2 is 1.50 bits per heavy atom. The van der Waals surface area contributed by atoms with Crippen LogP contribution in [0.3, 0.4) is 0 Å². The van der Waals surface area contributed by atoms with Crippen LogP contribution in [0, 0.1) is 0 Å². The Morgan fingerprint density at radius 1 is 0.912 bits per heavy atom. The van der Waals surface area contributed by atoms with Crippen LogP contribution in [0.5, 0.6) is 0 Å². The minimum absolute atomic E-state index is 0.0224. The highest BCUT2D eigenvalue weighted by molar-refractivity contribution is 7.47. The van der Waals surface area contributed by atoms with Gasteiger partial charge >= 0.3 is 19.8 Å². The Kier molecular flexibility index (Phi) is 18.6. The molecule has 2 N–H and O–H groups in total. The minimum atomic E-state index is -4.48. The molecule has 11 heteroatoms. The smallest absolute Gasteiger partial charge is 0.462 e. The zero-order valence-electron chi connectivity index (χ0n) is 20.8. The molecule has 0 saturated carbocycles. The first-order chi connectivity index (χ1) is 16.1. The Bertz CT molecular complexity index is 669. The van der Waals surface area contributed by atoms with Crippen LogP contribution in [-0.2, 0) is 37.5 Å². The van der Waals surface area contributed by atoms with E-state index in [1.165, 1.54) is 6.92 Å². The Labute approximate surface area is 203 Å². The summed E-state index contributed by atoms with van der Waals surface area (Å²) in [7, 11) is -4.48. The van der Waals surface area contributed by atoms with Crippen molar-refractivity contribution in [1.29, 1.82) is 0 Å². The summed E-state index contributed by atoms with van der Waals surface area (Å²) in [6.45, 7) is 8.05. The van der Waals surface area contributed by atoms with Crippen molar-refractivity contribution < 1.29 is 42.4 Å². The van der Waals surface area contributed by atoms with E-state index in [1.807, 2.05) is 6.92 Å². The van der Waals surface area contributed by atoms with Gasteiger partial charge in [0, 0.05) is 25.0 Å². The summed E-state index contributed by atoms with van der Waals surface area (Å²) in [5.74, 6) is -1.34. The van der Waals surface area contributed by atoms with Crippen molar-refractivity contribution in [2.75, 3.05) is 26.4 Å². The van der Waals surface area contributed by atoms with Gasteiger partial charge in [-0.05, 0) is 19.8 Å². The molecule has 0 aliphatic heterocycles. The number of phosphoric acid groups is 1. The number of phosphoric ester groups is 1. The first-order valence-electron chi connectivity index (χ1n) is 12.0. The van der Waals surface area contributed by atoms with Crippen LogP contribution in [0.15, 0.2) is 12.2 Å². The molecule has 10 nitrogen and oxygen atoms in total. The second-order valence-electron chi connectivity index (χ2n) is 8.05. The maximum atomic E-state index is 12.2. The summed E-state index contributed by atoms with van der Waals surface area (Å²) < 4.78 is 32.3. The van der Waals surface area contributed by atoms with Crippen LogP contribution in [0.1, 0.15) is 85.0 Å². The maximum Gasteiger partial charge on any atom is 0.472 e. The standard InChI is InChI=1S/C23H42NO9P/c1-5-7-9-10-12-14-22(26)33-20(17-30-21(25)13-11-8-6-2)18-32-34(28,29)31-16-15-24-23(27)19(3)4/h20H,3,5-18H2,1-2,4H3,(H,24,27)(H,28,29). The highest BCUT2D eigenvalue weighted by Crippen LogP contribution is 2.43. The van der Waals surface area contributed by atoms with E-state index in [4.69, 9.17) is 18.5 Å². The van der Waals surface area contributed by atoms with Crippen molar-refractivity contribution in [3.05, 3.63) is 12.2 Å². The molecule has 0 fully saturated rings. The molecule has 0 aromatic rings. The third-order valence-corrected chi connectivity index (χ3v) is 5.63. The van der Waals surface area contributed by atoms with E-state index in [9.17, 15) is 23.8 Å². The van der Waals surface area contributed by atoms with Crippen molar-refractivity contribution in [2.24, 2.45) is 0 Å². The molecule has 34 heavy (non-hydrogen) atoms. The lowest BCUT2D eigenvalue weighted by molar-refractivity contribution is -0.161. The van der Waals surface area contributed by atoms with E-state index in [2.05, 4.69) is 18.8 Å². The Hall–Kier alpha value is -1.74. The molecule has 0 bridgehead atoms. The van der Waals surface area contributed by atoms with E-state index >= 15 is 0 Å². The van der Waals surface area contributed by atoms with Crippen molar-refractivity contribution in [3.8, 4) is 0 Å². The summed E-state index contributed by atoms with van der Waals surface area (Å²) in [6, 6.07) is 0. The molecule has 0 radical (unpaired) electrons. The van der Waals surface area contributed by atoms with Gasteiger partial charge in [-0.1, -0.05) is 59.0 Å². The fraction of sp³-hybridized carbons (Fsp3) is 0.783. The third-order valence-electron chi connectivity index (χ3n) is 4.65. The lowest BCUT2D eigenvalue weighted by Crippen LogP contribution is -2.30. The maximum absolute atomic E-state index is 12.2. The van der Waals surface area contributed by atoms with Gasteiger partial charge in [-0.3, -0.25) is 23.4 Å². The van der Waals surface area contributed by atoms with Crippen LogP contribution in [0.2, 0.25) is 0 Å². The van der Waals surface area contributed by atoms with Gasteiger partial charge in [-0.25, -0.2) is 4.57 Å². The average molecular weight is 508 g/mol. The normalized spacial score (nSPS) is 13.5. The van der Waals surface area contributed by atoms with Gasteiger partial charge in [-0.2, -0.15) is 0 Å². The fourth-order valence-corrected chi connectivity index (χ4v) is 3.45. The summed E-state index contributed by atoms with van der Waals surface area (Å²) in [5, 5.41) is 2.45. The molecule has 0 heterocycles. The quantitative estimate of drug-likeness (QED) is 0.101. The summed E-state index contributed by atoms with van der Waals surface area (Å²) >= 11 is 0. The zero-order chi connectivity index (χ0) is 25.8. The van der Waals surface area contributed by atoms with Crippen LogP contribution in [-0.4, -0.2) is 55.2 Å². The molecule has 198 valence electrons. The number of carbonyl (C=O) groups excluding carboxylic acids is 3. The summed E-state index contributed by atoms with van der Waals surface area (Å²) in [5.41, 5.74) is 0.294. The molecular weight excluding hydrogens is 465 g/mol. The minimum Gasteiger partial charge on any atom is -0.462 e. The van der Waals surface area contributed by atoms with Crippen LogP contribution < -0.4 is 5.32 Å². The van der Waals surface area contributed by atoms with E-state index in [0.29, 0.717) is 18.4 Å². The largest absolute Gasteiger partial charge is 0.472 e. The molecular formula is C23H42NO9P. The molecule has 1 amide bonds. The summed E-state index contributed by atoms with van der Waals surface area (Å²) in [6.07, 6.45) is 6.72. The first kappa shape index (κ1) is 32.3. The van der Waals surface area contributed by atoms with Crippen molar-refractivity contribution in [2.45, 2.75) is 91.1 Å². The number of amides is 1. The highest BCUT2D eigenvalue weighted by Gasteiger charge is 2.26. The molecule has 0 aliphatic rings. The van der Waals surface area contributed by atoms with Crippen molar-refractivity contribution >= 4 is 25.7 Å². The number of rotatable bonds is 21. The molecule has 0 aromatic carbocycles. The lowest BCUT2D eigenvalue weighted by Gasteiger charge is -2.20. The zero-order valence-corrected chi connectivity index (χ0v) is 21.7. The molecule has 2 atom stereocenters. The van der Waals surface area contributed by atoms with Crippen molar-refractivity contribution in [3.63, 3.8) is 0 Å². The number of esters is 2. The van der Waals surface area contributed by atoms with Crippen LogP contribution in [0.4, 0.5) is 0 Å². The monoisotopic (exact) mass is 507 g/mol. The molecule has 0 rings (SSSR count). The highest BCUT2D eigenvalue weighted by atomic mass is 31.2. The molecule has 0 spiro atoms. The van der Waals surface area contributed by atoms with Gasteiger partial charge in [-0.15, -0.1) is 0 Å². The second-order valence-corrected chi connectivity index (χ2v) is 9.50. The fourth-order valence-electron chi connectivity index (χ4n) is 2.70. The van der Waals surface area contributed by atoms with Crippen LogP contribution >= 0.6 is 7.82 Å². The predicted molar refractivity (Wildman–Crippen MR) is 128 cm³/mol. The van der Waals surface area contributed by atoms with Crippen LogP contribution in [0.25, 0.3) is 0 Å². The Balaban J connectivity index is 4.63. The molecule has 0 aromatic heterocycles. The van der Waals surface area contributed by atoms with E-state index in [-0.39, 0.29) is 32.6 Å². The SMILES string of the molecule is C=C(C)C(=O)NCCOP(=O)(O)OCC(COC(=O)CCCCC)OC(=O)CCCCCCC. The number of hydrogen-bond donors (Lipinski definition) is 2. The second kappa shape index (κ2) is 19.6. The Morgan fingerprint density at radius 3 is 2.15 bits per heavy atom. The van der Waals surface area contributed by atoms with Gasteiger partial charge in [0.2, 0.25) is 5.91 Å². The molecule has 2 unspecified atom stereocenters. The average Bonchev–Trinajstić information content (AvgIpc) is 2.78. The number of unbranched alkanes of at least 4 members (excludes halogenated alkanes) is 6. The van der Waals surface area contributed by atoms with E-state index in [0.717, 1.165) is 38.5 Å². The molecule has 0 aliphatic carbocycles. The lowest BCUT2D eigenvalue weighted by atomic mass is 10.1. The first-order valence-corrected chi connectivity index (χ1v) is 13.5. The predicted octanol–water partition coefficient (Wildman–Crippen LogP) is 4.21. The third kappa shape index (κ3) is 18.7. The van der Waals surface area contributed by atoms with Gasteiger partial charge in [0.15, 0.2) is 6.10 Å². The van der Waals surface area contributed by atoms with Gasteiger partial charge in [0.05, 0.1) is 13.2 Å². The van der Waals surface area contributed by atoms with Gasteiger partial charge in [0.1, 0.15) is 6.61 Å². The van der Waals surface area contributed by atoms with E-state index in [1.54, 1.807) is 0 Å². The topological polar surface area (TPSA) is 137 Å². The van der Waals surface area contributed by atoms with E-state index < -0.39 is 38.4 Å². The van der Waals surface area contributed by atoms with Gasteiger partial charge in [0.25, 0.3) is 0 Å². The van der Waals surface area contributed by atoms with Crippen molar-refractivity contribution in [1.82, 2.24) is 5.32 Å². The number of carbonyl (C=O) groups is 3.